The normalized spacial score (nSPS) is 10.2. The minimum atomic E-state index is -0.626. The molecule has 1 amide bonds. The number of anilines is 2. The average Bonchev–Trinajstić information content (AvgIpc) is 2.41. The average molecular weight is 295 g/mol. The van der Waals surface area contributed by atoms with Crippen LogP contribution in [0.2, 0.25) is 5.15 Å². The zero-order valence-corrected chi connectivity index (χ0v) is 11.6. The predicted octanol–water partition coefficient (Wildman–Crippen LogP) is 2.59. The second-order valence-electron chi connectivity index (χ2n) is 4.23. The third-order valence-corrected chi connectivity index (χ3v) is 2.88. The van der Waals surface area contributed by atoms with E-state index >= 15 is 0 Å². The maximum atomic E-state index is 13.1. The van der Waals surface area contributed by atoms with E-state index in [0.29, 0.717) is 5.69 Å². The molecular weight excluding hydrogens is 283 g/mol. The van der Waals surface area contributed by atoms with Gasteiger partial charge in [0.1, 0.15) is 11.0 Å². The smallest absolute Gasteiger partial charge is 0.258 e. The molecule has 0 bridgehead atoms. The zero-order chi connectivity index (χ0) is 14.7. The highest BCUT2D eigenvalue weighted by atomic mass is 35.5. The van der Waals surface area contributed by atoms with Gasteiger partial charge in [-0.25, -0.2) is 9.37 Å². The predicted molar refractivity (Wildman–Crippen MR) is 75.7 cm³/mol. The first-order valence-corrected chi connectivity index (χ1v) is 6.10. The number of rotatable bonds is 3. The largest absolute Gasteiger partial charge is 0.376 e. The Morgan fingerprint density at radius 2 is 2.15 bits per heavy atom. The van der Waals surface area contributed by atoms with Crippen LogP contribution in [0.4, 0.5) is 15.8 Å². The van der Waals surface area contributed by atoms with Crippen molar-refractivity contribution in [2.45, 2.75) is 0 Å². The molecule has 0 aromatic carbocycles. The summed E-state index contributed by atoms with van der Waals surface area (Å²) in [6.07, 6.45) is 4.07. The molecule has 2 heterocycles. The minimum absolute atomic E-state index is 0.0276. The third-order valence-electron chi connectivity index (χ3n) is 2.58. The highest BCUT2D eigenvalue weighted by molar-refractivity contribution is 6.33. The maximum absolute atomic E-state index is 13.1. The van der Waals surface area contributed by atoms with Crippen molar-refractivity contribution in [3.63, 3.8) is 0 Å². The number of hydrogen-bond acceptors (Lipinski definition) is 4. The number of nitrogens with one attached hydrogen (secondary N) is 1. The number of pyridine rings is 2. The summed E-state index contributed by atoms with van der Waals surface area (Å²) in [6, 6.07) is 2.79. The van der Waals surface area contributed by atoms with Gasteiger partial charge in [0.25, 0.3) is 5.91 Å². The van der Waals surface area contributed by atoms with Crippen LogP contribution < -0.4 is 10.2 Å². The van der Waals surface area contributed by atoms with Gasteiger partial charge in [-0.1, -0.05) is 11.6 Å². The van der Waals surface area contributed by atoms with E-state index in [4.69, 9.17) is 11.6 Å². The lowest BCUT2D eigenvalue weighted by atomic mass is 10.2. The van der Waals surface area contributed by atoms with E-state index in [1.807, 2.05) is 19.0 Å². The lowest BCUT2D eigenvalue weighted by Crippen LogP contribution is -2.17. The van der Waals surface area contributed by atoms with Gasteiger partial charge in [0.2, 0.25) is 0 Å². The zero-order valence-electron chi connectivity index (χ0n) is 10.9. The number of nitrogens with zero attached hydrogens (tertiary/aromatic N) is 3. The number of halogens is 2. The topological polar surface area (TPSA) is 58.1 Å². The van der Waals surface area contributed by atoms with E-state index in [9.17, 15) is 9.18 Å². The van der Waals surface area contributed by atoms with Crippen LogP contribution in [0.1, 0.15) is 10.4 Å². The van der Waals surface area contributed by atoms with Crippen LogP contribution >= 0.6 is 11.6 Å². The molecule has 20 heavy (non-hydrogen) atoms. The summed E-state index contributed by atoms with van der Waals surface area (Å²) in [5.74, 6) is -1.17. The van der Waals surface area contributed by atoms with Crippen LogP contribution in [0.15, 0.2) is 30.7 Å². The molecule has 7 heteroatoms. The Kier molecular flexibility index (Phi) is 4.14. The van der Waals surface area contributed by atoms with Crippen molar-refractivity contribution in [3.05, 3.63) is 47.3 Å². The fraction of sp³-hybridized carbons (Fsp3) is 0.154. The first-order valence-electron chi connectivity index (χ1n) is 5.73. The van der Waals surface area contributed by atoms with E-state index < -0.39 is 11.7 Å². The minimum Gasteiger partial charge on any atom is -0.376 e. The maximum Gasteiger partial charge on any atom is 0.258 e. The van der Waals surface area contributed by atoms with E-state index in [-0.39, 0.29) is 10.7 Å². The summed E-state index contributed by atoms with van der Waals surface area (Å²) < 4.78 is 13.1. The van der Waals surface area contributed by atoms with Crippen molar-refractivity contribution < 1.29 is 9.18 Å². The summed E-state index contributed by atoms with van der Waals surface area (Å²) in [6.45, 7) is 0. The van der Waals surface area contributed by atoms with Gasteiger partial charge in [0.15, 0.2) is 0 Å². The molecule has 5 nitrogen and oxygen atoms in total. The molecule has 0 aliphatic rings. The standard InChI is InChI=1S/C13H12ClFN4O/c1-19(2)11-3-4-16-7-10(11)18-13(20)9-5-8(15)6-17-12(9)14/h3-7H,1-2H3,(H,18,20). The lowest BCUT2D eigenvalue weighted by molar-refractivity contribution is 0.102. The summed E-state index contributed by atoms with van der Waals surface area (Å²) in [4.78, 5) is 21.5. The number of carbonyl (C=O) groups excluding carboxylic acids is 1. The summed E-state index contributed by atoms with van der Waals surface area (Å²) >= 11 is 5.79. The van der Waals surface area contributed by atoms with E-state index in [1.54, 1.807) is 12.3 Å². The van der Waals surface area contributed by atoms with E-state index in [2.05, 4.69) is 15.3 Å². The Bertz CT molecular complexity index is 648. The van der Waals surface area contributed by atoms with Crippen molar-refractivity contribution in [2.24, 2.45) is 0 Å². The number of aromatic nitrogens is 2. The molecule has 0 unspecified atom stereocenters. The molecule has 2 aromatic heterocycles. The monoisotopic (exact) mass is 294 g/mol. The molecule has 1 N–H and O–H groups in total. The van der Waals surface area contributed by atoms with Crippen LogP contribution in [-0.2, 0) is 0 Å². The Morgan fingerprint density at radius 1 is 1.40 bits per heavy atom. The van der Waals surface area contributed by atoms with Gasteiger partial charge in [-0.3, -0.25) is 9.78 Å². The molecular formula is C13H12ClFN4O. The fourth-order valence-electron chi connectivity index (χ4n) is 1.64. The molecule has 0 saturated heterocycles. The summed E-state index contributed by atoms with van der Waals surface area (Å²) in [7, 11) is 3.67. The second kappa shape index (κ2) is 5.83. The van der Waals surface area contributed by atoms with Gasteiger partial charge in [0.05, 0.1) is 29.3 Å². The van der Waals surface area contributed by atoms with Crippen LogP contribution in [0.3, 0.4) is 0 Å². The molecule has 0 spiro atoms. The van der Waals surface area contributed by atoms with Gasteiger partial charge in [-0.05, 0) is 12.1 Å². The van der Waals surface area contributed by atoms with Crippen molar-refractivity contribution in [2.75, 3.05) is 24.3 Å². The van der Waals surface area contributed by atoms with Gasteiger partial charge in [-0.15, -0.1) is 0 Å². The van der Waals surface area contributed by atoms with Gasteiger partial charge < -0.3 is 10.2 Å². The van der Waals surface area contributed by atoms with Crippen molar-refractivity contribution >= 4 is 28.9 Å². The van der Waals surface area contributed by atoms with Crippen LogP contribution in [-0.4, -0.2) is 30.0 Å². The Labute approximate surface area is 120 Å². The number of hydrogen-bond donors (Lipinski definition) is 1. The summed E-state index contributed by atoms with van der Waals surface area (Å²) in [5.41, 5.74) is 1.25. The fourth-order valence-corrected chi connectivity index (χ4v) is 1.83. The van der Waals surface area contributed by atoms with E-state index in [0.717, 1.165) is 18.0 Å². The number of amides is 1. The van der Waals surface area contributed by atoms with Gasteiger partial charge in [-0.2, -0.15) is 0 Å². The number of carbonyl (C=O) groups is 1. The Morgan fingerprint density at radius 3 is 2.85 bits per heavy atom. The highest BCUT2D eigenvalue weighted by Crippen LogP contribution is 2.24. The summed E-state index contributed by atoms with van der Waals surface area (Å²) in [5, 5.41) is 2.59. The van der Waals surface area contributed by atoms with Crippen molar-refractivity contribution in [3.8, 4) is 0 Å². The Balaban J connectivity index is 2.31. The molecule has 104 valence electrons. The quantitative estimate of drug-likeness (QED) is 0.884. The van der Waals surface area contributed by atoms with Crippen LogP contribution in [0, 0.1) is 5.82 Å². The van der Waals surface area contributed by atoms with E-state index in [1.165, 1.54) is 6.20 Å². The molecule has 0 saturated carbocycles. The lowest BCUT2D eigenvalue weighted by Gasteiger charge is -2.17. The molecule has 0 aliphatic carbocycles. The second-order valence-corrected chi connectivity index (χ2v) is 4.59. The van der Waals surface area contributed by atoms with Crippen LogP contribution in [0.25, 0.3) is 0 Å². The molecule has 0 aliphatic heterocycles. The SMILES string of the molecule is CN(C)c1ccncc1NC(=O)c1cc(F)cnc1Cl. The first kappa shape index (κ1) is 14.2. The van der Waals surface area contributed by atoms with Crippen molar-refractivity contribution in [1.82, 2.24) is 9.97 Å². The Hall–Kier alpha value is -2.21. The molecule has 0 atom stereocenters. The third kappa shape index (κ3) is 3.03. The van der Waals surface area contributed by atoms with Crippen LogP contribution in [0.5, 0.6) is 0 Å². The molecule has 0 radical (unpaired) electrons. The first-order chi connectivity index (χ1) is 9.49. The molecule has 2 rings (SSSR count). The van der Waals surface area contributed by atoms with Gasteiger partial charge in [0, 0.05) is 20.3 Å². The van der Waals surface area contributed by atoms with Crippen molar-refractivity contribution in [1.29, 1.82) is 0 Å². The molecule has 2 aromatic rings. The highest BCUT2D eigenvalue weighted by Gasteiger charge is 2.15. The van der Waals surface area contributed by atoms with Gasteiger partial charge >= 0.3 is 0 Å². The molecule has 0 fully saturated rings.